The average Bonchev–Trinajstić information content (AvgIpc) is 3.01. The van der Waals surface area contributed by atoms with E-state index in [-0.39, 0.29) is 36.3 Å². The van der Waals surface area contributed by atoms with E-state index in [9.17, 15) is 18.8 Å². The molecule has 1 saturated carbocycles. The highest BCUT2D eigenvalue weighted by molar-refractivity contribution is 6.02. The van der Waals surface area contributed by atoms with Gasteiger partial charge in [0.05, 0.1) is 11.7 Å². The van der Waals surface area contributed by atoms with Crippen LogP contribution in [0, 0.1) is 17.3 Å². The number of imide groups is 1. The molecule has 0 aromatic rings. The molecule has 7 heteroatoms. The summed E-state index contributed by atoms with van der Waals surface area (Å²) in [4.78, 5) is 38.4. The average molecular weight is 340 g/mol. The minimum atomic E-state index is -0.496. The Kier molecular flexibility index (Phi) is 5.01. The predicted molar refractivity (Wildman–Crippen MR) is 85.3 cm³/mol. The van der Waals surface area contributed by atoms with Crippen molar-refractivity contribution in [3.63, 3.8) is 0 Å². The topological polar surface area (TPSA) is 66.9 Å². The Morgan fingerprint density at radius 3 is 2.42 bits per heavy atom. The van der Waals surface area contributed by atoms with Crippen molar-refractivity contribution in [2.75, 3.05) is 19.8 Å². The summed E-state index contributed by atoms with van der Waals surface area (Å²) < 4.78 is 19.0. The van der Waals surface area contributed by atoms with Gasteiger partial charge >= 0.3 is 12.0 Å². The number of urea groups is 1. The van der Waals surface area contributed by atoms with Gasteiger partial charge in [-0.25, -0.2) is 14.1 Å². The van der Waals surface area contributed by atoms with Crippen molar-refractivity contribution in [1.82, 2.24) is 9.80 Å². The number of hydrogen-bond donors (Lipinski definition) is 0. The van der Waals surface area contributed by atoms with Crippen LogP contribution in [-0.2, 0) is 14.3 Å². The molecule has 134 valence electrons. The Labute approximate surface area is 141 Å². The van der Waals surface area contributed by atoms with Gasteiger partial charge in [-0.3, -0.25) is 9.59 Å². The lowest BCUT2D eigenvalue weighted by atomic mass is 10.0. The molecule has 1 aliphatic carbocycles. The number of hydrogen-bond acceptors (Lipinski definition) is 4. The van der Waals surface area contributed by atoms with Gasteiger partial charge in [0.2, 0.25) is 0 Å². The van der Waals surface area contributed by atoms with E-state index in [0.717, 1.165) is 4.90 Å². The van der Waals surface area contributed by atoms with Gasteiger partial charge in [0, 0.05) is 12.5 Å². The predicted octanol–water partition coefficient (Wildman–Crippen LogP) is 2.70. The minimum absolute atomic E-state index is 0.00792. The molecule has 1 aliphatic heterocycles. The lowest BCUT2D eigenvalue weighted by Gasteiger charge is -2.15. The van der Waals surface area contributed by atoms with Crippen LogP contribution in [0.1, 0.15) is 41.0 Å². The molecule has 2 aliphatic rings. The van der Waals surface area contributed by atoms with E-state index in [1.54, 1.807) is 20.8 Å². The van der Waals surface area contributed by atoms with Gasteiger partial charge in [0.1, 0.15) is 6.54 Å². The first-order valence-corrected chi connectivity index (χ1v) is 8.27. The summed E-state index contributed by atoms with van der Waals surface area (Å²) in [7, 11) is 0. The first kappa shape index (κ1) is 18.4. The summed E-state index contributed by atoms with van der Waals surface area (Å²) in [6.45, 7) is 9.03. The Morgan fingerprint density at radius 2 is 1.92 bits per heavy atom. The number of allylic oxidation sites excluding steroid dienone is 2. The Bertz CT molecular complexity index is 599. The zero-order chi connectivity index (χ0) is 18.2. The van der Waals surface area contributed by atoms with Crippen LogP contribution in [0.5, 0.6) is 0 Å². The van der Waals surface area contributed by atoms with Crippen molar-refractivity contribution >= 4 is 17.9 Å². The van der Waals surface area contributed by atoms with Crippen LogP contribution in [0.15, 0.2) is 11.4 Å². The monoisotopic (exact) mass is 340 g/mol. The molecule has 0 unspecified atom stereocenters. The third kappa shape index (κ3) is 3.03. The molecule has 6 nitrogen and oxygen atoms in total. The molecular formula is C17H25FN2O4. The molecule has 2 rings (SSSR count). The fourth-order valence-corrected chi connectivity index (χ4v) is 3.52. The summed E-state index contributed by atoms with van der Waals surface area (Å²) in [5.74, 6) is -1.74. The summed E-state index contributed by atoms with van der Waals surface area (Å²) >= 11 is 0. The quantitative estimate of drug-likeness (QED) is 0.551. The normalized spacial score (nSPS) is 26.6. The molecule has 0 radical (unpaired) electrons. The molecule has 0 aromatic heterocycles. The van der Waals surface area contributed by atoms with Crippen LogP contribution in [0.2, 0.25) is 0 Å². The largest absolute Gasteiger partial charge is 0.443 e. The van der Waals surface area contributed by atoms with Crippen LogP contribution in [0.25, 0.3) is 0 Å². The SMILES string of the molecule is CC/C(F)=C(\C)[C@@H]1[C@@H](C(=O)OCN2C(=O)CN(CC)C2=O)C1(C)C. The van der Waals surface area contributed by atoms with Crippen LogP contribution in [-0.4, -0.2) is 47.5 Å². The standard InChI is InChI=1S/C17H25FN2O4/c1-6-11(18)10(3)13-14(17(13,4)5)15(22)24-9-20-12(21)8-19(7-2)16(20)23/h13-14H,6-9H2,1-5H3/b11-10-/t13-,14+/m1/s1. The van der Waals surface area contributed by atoms with Gasteiger partial charge in [-0.2, -0.15) is 0 Å². The summed E-state index contributed by atoms with van der Waals surface area (Å²) in [6.07, 6.45) is 0.295. The molecule has 24 heavy (non-hydrogen) atoms. The maximum atomic E-state index is 13.8. The van der Waals surface area contributed by atoms with Gasteiger partial charge in [0.25, 0.3) is 5.91 Å². The number of halogens is 1. The first-order valence-electron chi connectivity index (χ1n) is 8.27. The Balaban J connectivity index is 1.99. The number of carbonyl (C=O) groups excluding carboxylic acids is 3. The highest BCUT2D eigenvalue weighted by atomic mass is 19.1. The molecular weight excluding hydrogens is 315 g/mol. The highest BCUT2D eigenvalue weighted by Gasteiger charge is 2.63. The van der Waals surface area contributed by atoms with Crippen LogP contribution in [0.4, 0.5) is 9.18 Å². The number of ether oxygens (including phenoxy) is 1. The molecule has 0 spiro atoms. The fourth-order valence-electron chi connectivity index (χ4n) is 3.52. The van der Waals surface area contributed by atoms with E-state index in [1.165, 1.54) is 4.90 Å². The lowest BCUT2D eigenvalue weighted by Crippen LogP contribution is -2.36. The van der Waals surface area contributed by atoms with Gasteiger partial charge in [0.15, 0.2) is 6.73 Å². The van der Waals surface area contributed by atoms with Crippen molar-refractivity contribution in [2.45, 2.75) is 41.0 Å². The number of likely N-dealkylation sites (N-methyl/N-ethyl adjacent to an activating group) is 1. The lowest BCUT2D eigenvalue weighted by molar-refractivity contribution is -0.151. The number of esters is 1. The molecule has 0 bridgehead atoms. The fraction of sp³-hybridized carbons (Fsp3) is 0.706. The van der Waals surface area contributed by atoms with Gasteiger partial charge in [-0.05, 0) is 31.3 Å². The number of rotatable bonds is 6. The summed E-state index contributed by atoms with van der Waals surface area (Å²) in [5, 5.41) is 0. The second kappa shape index (κ2) is 6.53. The molecule has 2 fully saturated rings. The molecule has 0 N–H and O–H groups in total. The van der Waals surface area contributed by atoms with Crippen molar-refractivity contribution in [1.29, 1.82) is 0 Å². The zero-order valence-corrected chi connectivity index (χ0v) is 14.9. The van der Waals surface area contributed by atoms with Gasteiger partial charge in [-0.1, -0.05) is 20.8 Å². The smallest absolute Gasteiger partial charge is 0.330 e. The van der Waals surface area contributed by atoms with E-state index in [2.05, 4.69) is 0 Å². The number of nitrogens with zero attached hydrogens (tertiary/aromatic N) is 2. The summed E-state index contributed by atoms with van der Waals surface area (Å²) in [6, 6.07) is -0.449. The molecule has 3 amide bonds. The maximum absolute atomic E-state index is 13.8. The Hall–Kier alpha value is -1.92. The number of amides is 3. The van der Waals surface area contributed by atoms with Gasteiger partial charge < -0.3 is 9.64 Å². The van der Waals surface area contributed by atoms with Crippen LogP contribution in [0.3, 0.4) is 0 Å². The van der Waals surface area contributed by atoms with E-state index in [0.29, 0.717) is 18.5 Å². The zero-order valence-electron chi connectivity index (χ0n) is 14.9. The van der Waals surface area contributed by atoms with Crippen LogP contribution >= 0.6 is 0 Å². The third-order valence-electron chi connectivity index (χ3n) is 5.13. The summed E-state index contributed by atoms with van der Waals surface area (Å²) in [5.41, 5.74) is 0.192. The molecule has 1 saturated heterocycles. The van der Waals surface area contributed by atoms with Crippen molar-refractivity contribution in [2.24, 2.45) is 17.3 Å². The number of carbonyl (C=O) groups is 3. The van der Waals surface area contributed by atoms with Crippen molar-refractivity contribution in [3.05, 3.63) is 11.4 Å². The van der Waals surface area contributed by atoms with Gasteiger partial charge in [-0.15, -0.1) is 0 Å². The van der Waals surface area contributed by atoms with E-state index >= 15 is 0 Å². The molecule has 0 aromatic carbocycles. The highest BCUT2D eigenvalue weighted by Crippen LogP contribution is 2.62. The Morgan fingerprint density at radius 1 is 1.29 bits per heavy atom. The molecule has 2 atom stereocenters. The van der Waals surface area contributed by atoms with Crippen LogP contribution < -0.4 is 0 Å². The maximum Gasteiger partial charge on any atom is 0.330 e. The third-order valence-corrected chi connectivity index (χ3v) is 5.13. The van der Waals surface area contributed by atoms with E-state index < -0.39 is 17.9 Å². The van der Waals surface area contributed by atoms with E-state index in [1.807, 2.05) is 13.8 Å². The first-order chi connectivity index (χ1) is 11.2. The van der Waals surface area contributed by atoms with E-state index in [4.69, 9.17) is 4.74 Å². The molecule has 1 heterocycles. The van der Waals surface area contributed by atoms with Crippen molar-refractivity contribution < 1.29 is 23.5 Å². The second-order valence-corrected chi connectivity index (χ2v) is 6.93. The van der Waals surface area contributed by atoms with Crippen molar-refractivity contribution in [3.8, 4) is 0 Å². The minimum Gasteiger partial charge on any atom is -0.443 e. The second-order valence-electron chi connectivity index (χ2n) is 6.93.